The van der Waals surface area contributed by atoms with Gasteiger partial charge in [0.25, 0.3) is 0 Å². The third-order valence-corrected chi connectivity index (χ3v) is 5.30. The van der Waals surface area contributed by atoms with Gasteiger partial charge in [0, 0.05) is 12.2 Å². The van der Waals surface area contributed by atoms with Gasteiger partial charge in [0.2, 0.25) is 5.91 Å². The zero-order valence-corrected chi connectivity index (χ0v) is 15.9. The molecule has 0 bridgehead atoms. The molecule has 0 saturated heterocycles. The Morgan fingerprint density at radius 3 is 3.04 bits per heavy atom. The molecule has 0 spiro atoms. The Hall–Kier alpha value is -2.28. The molecule has 2 aromatic heterocycles. The Labute approximate surface area is 158 Å². The number of carbonyl (C=O) groups excluding carboxylic acids is 1. The van der Waals surface area contributed by atoms with Gasteiger partial charge in [-0.15, -0.1) is 16.8 Å². The molecule has 0 saturated carbocycles. The minimum atomic E-state index is 0.0605. The first-order valence-corrected chi connectivity index (χ1v) is 9.83. The lowest BCUT2D eigenvalue weighted by Crippen LogP contribution is -2.32. The van der Waals surface area contributed by atoms with E-state index in [2.05, 4.69) is 22.9 Å². The summed E-state index contributed by atoms with van der Waals surface area (Å²) >= 11 is 1.41. The van der Waals surface area contributed by atoms with Crippen LogP contribution in [0.5, 0.6) is 0 Å². The lowest BCUT2D eigenvalue weighted by molar-refractivity contribution is -0.127. The first-order valence-electron chi connectivity index (χ1n) is 8.84. The van der Waals surface area contributed by atoms with Crippen molar-refractivity contribution in [3.63, 3.8) is 0 Å². The highest BCUT2D eigenvalue weighted by Gasteiger charge is 2.22. The van der Waals surface area contributed by atoms with Crippen LogP contribution in [0.3, 0.4) is 0 Å². The van der Waals surface area contributed by atoms with Crippen LogP contribution in [0.2, 0.25) is 0 Å². The Kier molecular flexibility index (Phi) is 6.33. The molecule has 2 heterocycles. The summed E-state index contributed by atoms with van der Waals surface area (Å²) in [5.74, 6) is 1.99. The van der Waals surface area contributed by atoms with Gasteiger partial charge >= 0.3 is 0 Å². The minimum Gasteiger partial charge on any atom is -0.467 e. The van der Waals surface area contributed by atoms with Crippen molar-refractivity contribution in [2.75, 3.05) is 5.75 Å². The molecule has 7 heteroatoms. The average Bonchev–Trinajstić information content (AvgIpc) is 3.29. The zero-order valence-electron chi connectivity index (χ0n) is 15.1. The summed E-state index contributed by atoms with van der Waals surface area (Å²) in [6.45, 7) is 6.77. The Morgan fingerprint density at radius 2 is 2.35 bits per heavy atom. The molecule has 0 N–H and O–H groups in total. The van der Waals surface area contributed by atoms with E-state index in [-0.39, 0.29) is 5.91 Å². The van der Waals surface area contributed by atoms with Gasteiger partial charge in [-0.3, -0.25) is 4.79 Å². The standard InChI is InChI=1S/C19H24N4O2S/c1-3-11-22-15(2)20-21-19(22)26-14-18(24)23(13-17-10-7-12-25-17)16-8-5-4-6-9-16/h3,7-8,10,12H,1,4-6,9,11,13-14H2,2H3. The molecule has 138 valence electrons. The van der Waals surface area contributed by atoms with E-state index in [4.69, 9.17) is 4.42 Å². The summed E-state index contributed by atoms with van der Waals surface area (Å²) < 4.78 is 7.42. The van der Waals surface area contributed by atoms with Gasteiger partial charge in [0.1, 0.15) is 11.6 Å². The van der Waals surface area contributed by atoms with Crippen LogP contribution in [0.15, 0.2) is 52.4 Å². The SMILES string of the molecule is C=CCn1c(C)nnc1SCC(=O)N(Cc1ccco1)C1=CCCCC1. The summed E-state index contributed by atoms with van der Waals surface area (Å²) in [6.07, 6.45) is 9.89. The van der Waals surface area contributed by atoms with Gasteiger partial charge in [0.15, 0.2) is 5.16 Å². The second kappa shape index (κ2) is 8.89. The largest absolute Gasteiger partial charge is 0.467 e. The molecule has 0 radical (unpaired) electrons. The van der Waals surface area contributed by atoms with Crippen LogP contribution in [0.1, 0.15) is 37.3 Å². The Bertz CT molecular complexity index is 780. The second-order valence-electron chi connectivity index (χ2n) is 6.22. The van der Waals surface area contributed by atoms with Crippen LogP contribution in [0.25, 0.3) is 0 Å². The molecular formula is C19H24N4O2S. The summed E-state index contributed by atoms with van der Waals surface area (Å²) in [4.78, 5) is 14.8. The van der Waals surface area contributed by atoms with Crippen LogP contribution in [0.4, 0.5) is 0 Å². The topological polar surface area (TPSA) is 64.2 Å². The van der Waals surface area contributed by atoms with Crippen LogP contribution < -0.4 is 0 Å². The maximum Gasteiger partial charge on any atom is 0.237 e. The lowest BCUT2D eigenvalue weighted by atomic mass is 10.0. The molecule has 2 aromatic rings. The van der Waals surface area contributed by atoms with E-state index in [0.717, 1.165) is 41.7 Å². The Balaban J connectivity index is 1.71. The average molecular weight is 372 g/mol. The van der Waals surface area contributed by atoms with Gasteiger partial charge in [-0.25, -0.2) is 0 Å². The summed E-state index contributed by atoms with van der Waals surface area (Å²) in [5.41, 5.74) is 1.10. The highest BCUT2D eigenvalue weighted by atomic mass is 32.2. The third-order valence-electron chi connectivity index (χ3n) is 4.35. The van der Waals surface area contributed by atoms with Crippen molar-refractivity contribution >= 4 is 17.7 Å². The van der Waals surface area contributed by atoms with E-state index in [1.807, 2.05) is 28.5 Å². The highest BCUT2D eigenvalue weighted by molar-refractivity contribution is 7.99. The predicted octanol–water partition coefficient (Wildman–Crippen LogP) is 3.94. The van der Waals surface area contributed by atoms with Crippen LogP contribution in [-0.4, -0.2) is 31.3 Å². The van der Waals surface area contributed by atoms with Gasteiger partial charge in [-0.05, 0) is 44.7 Å². The van der Waals surface area contributed by atoms with Crippen molar-refractivity contribution in [3.05, 3.63) is 54.4 Å². The number of amides is 1. The number of furan rings is 1. The van der Waals surface area contributed by atoms with Crippen molar-refractivity contribution < 1.29 is 9.21 Å². The van der Waals surface area contributed by atoms with E-state index in [1.165, 1.54) is 18.2 Å². The fraction of sp³-hybridized carbons (Fsp3) is 0.421. The number of aryl methyl sites for hydroxylation is 1. The number of rotatable bonds is 8. The molecule has 0 unspecified atom stereocenters. The fourth-order valence-corrected chi connectivity index (χ4v) is 3.86. The summed E-state index contributed by atoms with van der Waals surface area (Å²) in [7, 11) is 0. The zero-order chi connectivity index (χ0) is 18.4. The number of hydrogen-bond acceptors (Lipinski definition) is 5. The van der Waals surface area contributed by atoms with E-state index < -0.39 is 0 Å². The molecule has 0 aliphatic heterocycles. The van der Waals surface area contributed by atoms with Crippen molar-refractivity contribution in [1.29, 1.82) is 0 Å². The van der Waals surface area contributed by atoms with Gasteiger partial charge in [0.05, 0.1) is 18.6 Å². The number of nitrogens with zero attached hydrogens (tertiary/aromatic N) is 4. The quantitative estimate of drug-likeness (QED) is 0.519. The fourth-order valence-electron chi connectivity index (χ4n) is 2.99. The summed E-state index contributed by atoms with van der Waals surface area (Å²) in [5, 5.41) is 9.02. The molecule has 0 fully saturated rings. The van der Waals surface area contributed by atoms with Crippen LogP contribution in [-0.2, 0) is 17.9 Å². The number of allylic oxidation sites excluding steroid dienone is 3. The molecule has 0 atom stereocenters. The van der Waals surface area contributed by atoms with E-state index >= 15 is 0 Å². The molecule has 3 rings (SSSR count). The maximum absolute atomic E-state index is 13.0. The molecule has 26 heavy (non-hydrogen) atoms. The number of hydrogen-bond donors (Lipinski definition) is 0. The highest BCUT2D eigenvalue weighted by Crippen LogP contribution is 2.25. The van der Waals surface area contributed by atoms with E-state index in [9.17, 15) is 4.79 Å². The lowest BCUT2D eigenvalue weighted by Gasteiger charge is -2.27. The van der Waals surface area contributed by atoms with Crippen molar-refractivity contribution in [3.8, 4) is 0 Å². The first-order chi connectivity index (χ1) is 12.7. The Morgan fingerprint density at radius 1 is 1.46 bits per heavy atom. The van der Waals surface area contributed by atoms with Crippen molar-refractivity contribution in [2.45, 2.75) is 50.9 Å². The molecule has 1 aliphatic carbocycles. The molecule has 1 amide bonds. The monoisotopic (exact) mass is 372 g/mol. The second-order valence-corrected chi connectivity index (χ2v) is 7.16. The smallest absolute Gasteiger partial charge is 0.237 e. The molecular weight excluding hydrogens is 348 g/mol. The first kappa shape index (κ1) is 18.5. The number of aromatic nitrogens is 3. The van der Waals surface area contributed by atoms with Crippen LogP contribution >= 0.6 is 11.8 Å². The minimum absolute atomic E-state index is 0.0605. The van der Waals surface area contributed by atoms with Gasteiger partial charge in [-0.1, -0.05) is 23.9 Å². The molecule has 1 aliphatic rings. The maximum atomic E-state index is 13.0. The predicted molar refractivity (Wildman–Crippen MR) is 101 cm³/mol. The molecule has 0 aromatic carbocycles. The van der Waals surface area contributed by atoms with Gasteiger partial charge in [-0.2, -0.15) is 0 Å². The van der Waals surface area contributed by atoms with Crippen molar-refractivity contribution in [1.82, 2.24) is 19.7 Å². The summed E-state index contributed by atoms with van der Waals surface area (Å²) in [6, 6.07) is 3.75. The van der Waals surface area contributed by atoms with Gasteiger partial charge < -0.3 is 13.9 Å². The molecule has 6 nitrogen and oxygen atoms in total. The number of thioether (sulfide) groups is 1. The normalized spacial score (nSPS) is 14.1. The third kappa shape index (κ3) is 4.46. The van der Waals surface area contributed by atoms with E-state index in [0.29, 0.717) is 18.8 Å². The van der Waals surface area contributed by atoms with Crippen LogP contribution in [0, 0.1) is 6.92 Å². The van der Waals surface area contributed by atoms with Crippen molar-refractivity contribution in [2.24, 2.45) is 0 Å². The van der Waals surface area contributed by atoms with E-state index in [1.54, 1.807) is 12.3 Å². The number of carbonyl (C=O) groups is 1.